The highest BCUT2D eigenvalue weighted by Gasteiger charge is 2.23. The Bertz CT molecular complexity index is 1340. The number of hydrogen-bond acceptors (Lipinski definition) is 4. The molecule has 0 aliphatic rings. The predicted molar refractivity (Wildman–Crippen MR) is 122 cm³/mol. The van der Waals surface area contributed by atoms with Gasteiger partial charge in [0, 0.05) is 6.54 Å². The molecule has 1 N–H and O–H groups in total. The summed E-state index contributed by atoms with van der Waals surface area (Å²) in [6.45, 7) is 4.44. The molecule has 30 heavy (non-hydrogen) atoms. The Morgan fingerprint density at radius 2 is 1.63 bits per heavy atom. The van der Waals surface area contributed by atoms with Crippen LogP contribution in [0, 0.1) is 6.92 Å². The second kappa shape index (κ2) is 8.18. The molecule has 0 aliphatic carbocycles. The van der Waals surface area contributed by atoms with Crippen molar-refractivity contribution >= 4 is 31.6 Å². The van der Waals surface area contributed by atoms with Crippen molar-refractivity contribution < 1.29 is 8.42 Å². The molecule has 4 aromatic rings. The number of sulfonamides is 1. The van der Waals surface area contributed by atoms with Crippen molar-refractivity contribution in [3.63, 3.8) is 0 Å². The summed E-state index contributed by atoms with van der Waals surface area (Å²) in [5.74, 6) is 0. The summed E-state index contributed by atoms with van der Waals surface area (Å²) in [6, 6.07) is 21.6. The molecule has 1 aromatic heterocycles. The summed E-state index contributed by atoms with van der Waals surface area (Å²) >= 11 is 1.06. The van der Waals surface area contributed by atoms with E-state index < -0.39 is 16.1 Å². The lowest BCUT2D eigenvalue weighted by atomic mass is 9.99. The Hall–Kier alpha value is -2.74. The van der Waals surface area contributed by atoms with E-state index >= 15 is 0 Å². The number of rotatable bonds is 6. The van der Waals surface area contributed by atoms with Gasteiger partial charge in [-0.25, -0.2) is 8.42 Å². The molecule has 154 valence electrons. The van der Waals surface area contributed by atoms with Crippen molar-refractivity contribution in [1.29, 1.82) is 0 Å². The third-order valence-corrected chi connectivity index (χ3v) is 7.45. The number of nitrogens with zero attached hydrogens (tertiary/aromatic N) is 1. The Balaban J connectivity index is 1.76. The quantitative estimate of drug-likeness (QED) is 0.483. The lowest BCUT2D eigenvalue weighted by molar-refractivity contribution is 0.572. The lowest BCUT2D eigenvalue weighted by Crippen LogP contribution is -2.29. The third-order valence-electron chi connectivity index (χ3n) is 5.08. The maximum absolute atomic E-state index is 13.3. The Morgan fingerprint density at radius 1 is 0.967 bits per heavy atom. The molecule has 0 radical (unpaired) electrons. The van der Waals surface area contributed by atoms with Crippen LogP contribution in [0.1, 0.15) is 29.7 Å². The van der Waals surface area contributed by atoms with Crippen molar-refractivity contribution in [1.82, 2.24) is 9.29 Å². The highest BCUT2D eigenvalue weighted by molar-refractivity contribution is 7.89. The van der Waals surface area contributed by atoms with Gasteiger partial charge in [-0.3, -0.25) is 9.36 Å². The van der Waals surface area contributed by atoms with E-state index in [4.69, 9.17) is 0 Å². The average molecular weight is 439 g/mol. The van der Waals surface area contributed by atoms with Crippen molar-refractivity contribution in [3.05, 3.63) is 99.2 Å². The molecule has 7 heteroatoms. The summed E-state index contributed by atoms with van der Waals surface area (Å²) in [5, 5.41) is 0. The van der Waals surface area contributed by atoms with E-state index in [-0.39, 0.29) is 9.77 Å². The van der Waals surface area contributed by atoms with Crippen LogP contribution >= 0.6 is 11.3 Å². The van der Waals surface area contributed by atoms with Crippen LogP contribution in [0.25, 0.3) is 10.2 Å². The molecule has 0 bridgehead atoms. The topological polar surface area (TPSA) is 68.2 Å². The van der Waals surface area contributed by atoms with Gasteiger partial charge in [0.2, 0.25) is 10.0 Å². The van der Waals surface area contributed by atoms with Gasteiger partial charge in [0.15, 0.2) is 0 Å². The molecule has 0 aliphatic heterocycles. The minimum atomic E-state index is -3.82. The first-order valence-corrected chi connectivity index (χ1v) is 12.0. The fourth-order valence-corrected chi connectivity index (χ4v) is 5.78. The number of fused-ring (bicyclic) bond motifs is 1. The van der Waals surface area contributed by atoms with E-state index in [9.17, 15) is 13.2 Å². The van der Waals surface area contributed by atoms with E-state index in [1.54, 1.807) is 22.8 Å². The lowest BCUT2D eigenvalue weighted by Gasteiger charge is -2.20. The van der Waals surface area contributed by atoms with Gasteiger partial charge in [0.1, 0.15) is 0 Å². The van der Waals surface area contributed by atoms with Crippen LogP contribution < -0.4 is 9.60 Å². The summed E-state index contributed by atoms with van der Waals surface area (Å²) < 4.78 is 31.7. The Kier molecular flexibility index (Phi) is 5.60. The molecular weight excluding hydrogens is 416 g/mol. The summed E-state index contributed by atoms with van der Waals surface area (Å²) in [5.41, 5.74) is 3.57. The fraction of sp³-hybridized carbons (Fsp3) is 0.174. The smallest absolute Gasteiger partial charge is 0.299 e. The molecule has 0 amide bonds. The molecule has 3 aromatic carbocycles. The summed E-state index contributed by atoms with van der Waals surface area (Å²) in [7, 11) is -3.82. The highest BCUT2D eigenvalue weighted by atomic mass is 32.2. The normalized spacial score (nSPS) is 12.9. The second-order valence-corrected chi connectivity index (χ2v) is 9.82. The fourth-order valence-electron chi connectivity index (χ4n) is 3.47. The van der Waals surface area contributed by atoms with Gasteiger partial charge < -0.3 is 0 Å². The zero-order valence-electron chi connectivity index (χ0n) is 16.7. The maximum Gasteiger partial charge on any atom is 0.308 e. The largest absolute Gasteiger partial charge is 0.308 e. The van der Waals surface area contributed by atoms with E-state index in [1.807, 2.05) is 68.4 Å². The van der Waals surface area contributed by atoms with Crippen LogP contribution in [-0.2, 0) is 16.6 Å². The highest BCUT2D eigenvalue weighted by Crippen LogP contribution is 2.27. The third kappa shape index (κ3) is 3.96. The Labute approximate surface area is 179 Å². The molecule has 0 unspecified atom stereocenters. The molecule has 0 saturated heterocycles. The van der Waals surface area contributed by atoms with Crippen LogP contribution in [-0.4, -0.2) is 13.0 Å². The van der Waals surface area contributed by atoms with E-state index in [2.05, 4.69) is 4.72 Å². The number of aryl methyl sites for hydroxylation is 2. The second-order valence-electron chi connectivity index (χ2n) is 7.12. The molecule has 0 spiro atoms. The molecule has 4 rings (SSSR count). The van der Waals surface area contributed by atoms with Gasteiger partial charge in [-0.15, -0.1) is 0 Å². The van der Waals surface area contributed by atoms with Crippen LogP contribution in [0.4, 0.5) is 0 Å². The van der Waals surface area contributed by atoms with Crippen LogP contribution in [0.5, 0.6) is 0 Å². The predicted octanol–water partition coefficient (Wildman–Crippen LogP) is 4.46. The first kappa shape index (κ1) is 20.5. The van der Waals surface area contributed by atoms with Gasteiger partial charge in [0.05, 0.1) is 21.2 Å². The van der Waals surface area contributed by atoms with Crippen molar-refractivity contribution in [2.75, 3.05) is 0 Å². The SMILES string of the molecule is CCn1c(=O)sc2cc(S(=O)(=O)N[C@H](c3ccccc3)c3ccc(C)cc3)ccc21. The van der Waals surface area contributed by atoms with E-state index in [1.165, 1.54) is 0 Å². The van der Waals surface area contributed by atoms with Gasteiger partial charge in [0.25, 0.3) is 0 Å². The van der Waals surface area contributed by atoms with Crippen molar-refractivity contribution in [3.8, 4) is 0 Å². The minimum absolute atomic E-state index is 0.0863. The van der Waals surface area contributed by atoms with Gasteiger partial charge in [-0.05, 0) is 43.2 Å². The molecule has 0 fully saturated rings. The molecule has 1 atom stereocenters. The van der Waals surface area contributed by atoms with Gasteiger partial charge in [-0.1, -0.05) is 71.5 Å². The molecule has 0 saturated carbocycles. The molecule has 5 nitrogen and oxygen atoms in total. The average Bonchev–Trinajstić information content (AvgIpc) is 3.07. The van der Waals surface area contributed by atoms with E-state index in [0.29, 0.717) is 11.2 Å². The summed E-state index contributed by atoms with van der Waals surface area (Å²) in [6.07, 6.45) is 0. The van der Waals surface area contributed by atoms with Crippen LogP contribution in [0.3, 0.4) is 0 Å². The van der Waals surface area contributed by atoms with Gasteiger partial charge in [-0.2, -0.15) is 4.72 Å². The number of benzene rings is 3. The molecule has 1 heterocycles. The maximum atomic E-state index is 13.3. The Morgan fingerprint density at radius 3 is 2.30 bits per heavy atom. The summed E-state index contributed by atoms with van der Waals surface area (Å²) in [4.78, 5) is 12.2. The first-order valence-electron chi connectivity index (χ1n) is 9.66. The zero-order chi connectivity index (χ0) is 21.3. The van der Waals surface area contributed by atoms with Crippen molar-refractivity contribution in [2.45, 2.75) is 31.3 Å². The minimum Gasteiger partial charge on any atom is -0.299 e. The monoisotopic (exact) mass is 438 g/mol. The number of nitrogens with one attached hydrogen (secondary N) is 1. The van der Waals surface area contributed by atoms with Crippen LogP contribution in [0.2, 0.25) is 0 Å². The van der Waals surface area contributed by atoms with Crippen molar-refractivity contribution in [2.24, 2.45) is 0 Å². The standard InChI is InChI=1S/C23H22N2O3S2/c1-3-25-20-14-13-19(15-21(20)29-23(25)26)30(27,28)24-22(17-7-5-4-6-8-17)18-11-9-16(2)10-12-18/h4-15,22,24H,3H2,1-2H3/t22-/m1/s1. The molecular formula is C23H22N2O3S2. The first-order chi connectivity index (χ1) is 14.4. The van der Waals surface area contributed by atoms with Gasteiger partial charge >= 0.3 is 4.87 Å². The number of thiazole rings is 1. The number of aromatic nitrogens is 1. The van der Waals surface area contributed by atoms with E-state index in [0.717, 1.165) is 33.5 Å². The zero-order valence-corrected chi connectivity index (χ0v) is 18.3. The number of hydrogen-bond donors (Lipinski definition) is 1. The van der Waals surface area contributed by atoms with Crippen LogP contribution in [0.15, 0.2) is 82.5 Å².